The Kier molecular flexibility index (Phi) is 6.52. The van der Waals surface area contributed by atoms with Gasteiger partial charge in [0.15, 0.2) is 0 Å². The van der Waals surface area contributed by atoms with E-state index in [1.165, 1.54) is 0 Å². The van der Waals surface area contributed by atoms with Crippen molar-refractivity contribution in [2.45, 2.75) is 70.6 Å². The number of hydrogen-bond donors (Lipinski definition) is 2. The highest BCUT2D eigenvalue weighted by molar-refractivity contribution is 5.77. The van der Waals surface area contributed by atoms with Crippen LogP contribution < -0.4 is 11.1 Å². The van der Waals surface area contributed by atoms with Crippen LogP contribution in [0.4, 0.5) is 0 Å². The number of nitrogens with two attached hydrogens (primary N) is 1. The monoisotopic (exact) mass is 242 g/mol. The van der Waals surface area contributed by atoms with Gasteiger partial charge in [0.1, 0.15) is 6.61 Å². The van der Waals surface area contributed by atoms with Gasteiger partial charge in [-0.25, -0.2) is 0 Å². The lowest BCUT2D eigenvalue weighted by Gasteiger charge is -2.26. The summed E-state index contributed by atoms with van der Waals surface area (Å²) in [6, 6.07) is 0.610. The summed E-state index contributed by atoms with van der Waals surface area (Å²) in [5.41, 5.74) is 5.82. The first-order valence-electron chi connectivity index (χ1n) is 6.82. The normalized spacial score (nSPS) is 24.9. The fourth-order valence-electron chi connectivity index (χ4n) is 2.21. The molecule has 4 nitrogen and oxygen atoms in total. The predicted octanol–water partition coefficient (Wildman–Crippen LogP) is 1.58. The fourth-order valence-corrected chi connectivity index (χ4v) is 2.21. The highest BCUT2D eigenvalue weighted by atomic mass is 16.5. The first kappa shape index (κ1) is 14.5. The van der Waals surface area contributed by atoms with E-state index >= 15 is 0 Å². The Balaban J connectivity index is 2.15. The molecular formula is C13H26N2O2. The van der Waals surface area contributed by atoms with Crippen molar-refractivity contribution < 1.29 is 9.53 Å². The molecule has 0 aromatic heterocycles. The minimum Gasteiger partial charge on any atom is -0.368 e. The summed E-state index contributed by atoms with van der Waals surface area (Å²) in [5, 5.41) is 2.98. The summed E-state index contributed by atoms with van der Waals surface area (Å²) in [6.45, 7) is 4.35. The molecule has 0 aromatic carbocycles. The Hall–Kier alpha value is -0.610. The van der Waals surface area contributed by atoms with E-state index in [1.54, 1.807) is 0 Å². The lowest BCUT2D eigenvalue weighted by Crippen LogP contribution is -2.38. The summed E-state index contributed by atoms with van der Waals surface area (Å²) in [5.74, 6) is 0.00794. The van der Waals surface area contributed by atoms with Gasteiger partial charge in [-0.3, -0.25) is 4.79 Å². The molecule has 0 spiro atoms. The van der Waals surface area contributed by atoms with Crippen LogP contribution in [0.25, 0.3) is 0 Å². The van der Waals surface area contributed by atoms with Crippen LogP contribution >= 0.6 is 0 Å². The van der Waals surface area contributed by atoms with Crippen LogP contribution in [0.2, 0.25) is 0 Å². The number of rotatable bonds is 6. The molecule has 1 saturated carbocycles. The smallest absolute Gasteiger partial charge is 0.246 e. The average Bonchev–Trinajstić information content (AvgIpc) is 2.35. The molecule has 0 unspecified atom stereocenters. The molecule has 0 aliphatic heterocycles. The van der Waals surface area contributed by atoms with Gasteiger partial charge in [0.2, 0.25) is 5.91 Å². The van der Waals surface area contributed by atoms with E-state index in [0.29, 0.717) is 6.04 Å². The van der Waals surface area contributed by atoms with Crippen LogP contribution in [-0.2, 0) is 9.53 Å². The summed E-state index contributed by atoms with van der Waals surface area (Å²) < 4.78 is 5.62. The molecule has 17 heavy (non-hydrogen) atoms. The van der Waals surface area contributed by atoms with E-state index in [-0.39, 0.29) is 24.7 Å². The van der Waals surface area contributed by atoms with E-state index in [1.807, 2.05) is 0 Å². The maximum absolute atomic E-state index is 11.6. The van der Waals surface area contributed by atoms with Crippen LogP contribution in [0, 0.1) is 0 Å². The van der Waals surface area contributed by atoms with Crippen molar-refractivity contribution in [3.05, 3.63) is 0 Å². The topological polar surface area (TPSA) is 64.3 Å². The Labute approximate surface area is 104 Å². The summed E-state index contributed by atoms with van der Waals surface area (Å²) in [6.07, 6.45) is 6.17. The third kappa shape index (κ3) is 5.50. The highest BCUT2D eigenvalue weighted by Gasteiger charge is 2.20. The van der Waals surface area contributed by atoms with E-state index in [4.69, 9.17) is 10.5 Å². The van der Waals surface area contributed by atoms with E-state index in [9.17, 15) is 4.79 Å². The second-order valence-corrected chi connectivity index (χ2v) is 4.93. The van der Waals surface area contributed by atoms with Crippen molar-refractivity contribution in [1.29, 1.82) is 0 Å². The van der Waals surface area contributed by atoms with Gasteiger partial charge in [0.05, 0.1) is 6.10 Å². The number of carbonyl (C=O) groups is 1. The number of carbonyl (C=O) groups excluding carboxylic acids is 1. The van der Waals surface area contributed by atoms with Gasteiger partial charge in [-0.05, 0) is 38.5 Å². The zero-order chi connectivity index (χ0) is 12.7. The van der Waals surface area contributed by atoms with Crippen LogP contribution in [0.3, 0.4) is 0 Å². The van der Waals surface area contributed by atoms with Gasteiger partial charge in [0, 0.05) is 12.1 Å². The first-order chi connectivity index (χ1) is 8.15. The number of nitrogens with one attached hydrogen (secondary N) is 1. The number of hydrogen-bond acceptors (Lipinski definition) is 3. The van der Waals surface area contributed by atoms with Crippen molar-refractivity contribution in [2.24, 2.45) is 5.73 Å². The van der Waals surface area contributed by atoms with Crippen molar-refractivity contribution in [1.82, 2.24) is 5.32 Å². The molecule has 0 atom stereocenters. The maximum atomic E-state index is 11.6. The largest absolute Gasteiger partial charge is 0.368 e. The second kappa shape index (κ2) is 7.67. The summed E-state index contributed by atoms with van der Waals surface area (Å²) in [4.78, 5) is 11.6. The van der Waals surface area contributed by atoms with Gasteiger partial charge in [0.25, 0.3) is 0 Å². The molecule has 3 N–H and O–H groups in total. The van der Waals surface area contributed by atoms with Crippen molar-refractivity contribution in [3.8, 4) is 0 Å². The standard InChI is InChI=1S/C13H26N2O2/c1-3-11(4-2)15-13(16)9-17-12-7-5-10(14)6-8-12/h10-12H,3-9,14H2,1-2H3,(H,15,16). The summed E-state index contributed by atoms with van der Waals surface area (Å²) >= 11 is 0. The Morgan fingerprint density at radius 1 is 1.29 bits per heavy atom. The molecule has 1 rings (SSSR count). The molecule has 1 aliphatic carbocycles. The molecule has 0 radical (unpaired) electrons. The van der Waals surface area contributed by atoms with Crippen LogP contribution in [0.1, 0.15) is 52.4 Å². The second-order valence-electron chi connectivity index (χ2n) is 4.93. The molecule has 1 aliphatic rings. The lowest BCUT2D eigenvalue weighted by molar-refractivity contribution is -0.129. The quantitative estimate of drug-likeness (QED) is 0.743. The van der Waals surface area contributed by atoms with E-state index < -0.39 is 0 Å². The number of amides is 1. The average molecular weight is 242 g/mol. The van der Waals surface area contributed by atoms with Gasteiger partial charge in [-0.15, -0.1) is 0 Å². The maximum Gasteiger partial charge on any atom is 0.246 e. The van der Waals surface area contributed by atoms with Crippen LogP contribution in [0.15, 0.2) is 0 Å². The van der Waals surface area contributed by atoms with Crippen molar-refractivity contribution in [3.63, 3.8) is 0 Å². The first-order valence-corrected chi connectivity index (χ1v) is 6.82. The van der Waals surface area contributed by atoms with Gasteiger partial charge < -0.3 is 15.8 Å². The van der Waals surface area contributed by atoms with E-state index in [0.717, 1.165) is 38.5 Å². The SMILES string of the molecule is CCC(CC)NC(=O)COC1CCC(N)CC1. The van der Waals surface area contributed by atoms with Crippen molar-refractivity contribution in [2.75, 3.05) is 6.61 Å². The molecule has 0 saturated heterocycles. The molecule has 1 fully saturated rings. The Bertz CT molecular complexity index is 221. The highest BCUT2D eigenvalue weighted by Crippen LogP contribution is 2.19. The molecule has 0 heterocycles. The van der Waals surface area contributed by atoms with Gasteiger partial charge in [-0.2, -0.15) is 0 Å². The van der Waals surface area contributed by atoms with Gasteiger partial charge in [-0.1, -0.05) is 13.8 Å². The molecule has 0 bridgehead atoms. The number of ether oxygens (including phenoxy) is 1. The van der Waals surface area contributed by atoms with Gasteiger partial charge >= 0.3 is 0 Å². The zero-order valence-corrected chi connectivity index (χ0v) is 11.1. The third-order valence-corrected chi connectivity index (χ3v) is 3.52. The minimum absolute atomic E-state index is 0.00794. The predicted molar refractivity (Wildman–Crippen MR) is 68.7 cm³/mol. The Morgan fingerprint density at radius 3 is 2.41 bits per heavy atom. The Morgan fingerprint density at radius 2 is 1.88 bits per heavy atom. The minimum atomic E-state index is 0.00794. The molecule has 0 aromatic rings. The lowest BCUT2D eigenvalue weighted by atomic mass is 9.94. The zero-order valence-electron chi connectivity index (χ0n) is 11.1. The molecule has 1 amide bonds. The van der Waals surface area contributed by atoms with Crippen LogP contribution in [0.5, 0.6) is 0 Å². The van der Waals surface area contributed by atoms with E-state index in [2.05, 4.69) is 19.2 Å². The fraction of sp³-hybridized carbons (Fsp3) is 0.923. The van der Waals surface area contributed by atoms with Crippen molar-refractivity contribution >= 4 is 5.91 Å². The van der Waals surface area contributed by atoms with Crippen LogP contribution in [-0.4, -0.2) is 30.7 Å². The third-order valence-electron chi connectivity index (χ3n) is 3.52. The molecule has 100 valence electrons. The molecular weight excluding hydrogens is 216 g/mol. The summed E-state index contributed by atoms with van der Waals surface area (Å²) in [7, 11) is 0. The molecule has 4 heteroatoms.